The minimum atomic E-state index is -4.73. The van der Waals surface area contributed by atoms with Crippen LogP contribution in [-0.4, -0.2) is 5.78 Å². The van der Waals surface area contributed by atoms with E-state index in [2.05, 4.69) is 4.42 Å². The molecule has 0 saturated heterocycles. The molecule has 0 bridgehead atoms. The molecule has 0 amide bonds. The van der Waals surface area contributed by atoms with Gasteiger partial charge >= 0.3 is 6.18 Å². The van der Waals surface area contributed by atoms with Crippen LogP contribution in [0, 0.1) is 5.82 Å². The van der Waals surface area contributed by atoms with Crippen LogP contribution in [0.3, 0.4) is 0 Å². The SMILES string of the molecule is Nc1oc(C(F)(F)F)cc1C(=O)c1ccc(F)cc1. The number of nitrogen functional groups attached to an aromatic ring is 1. The fourth-order valence-electron chi connectivity index (χ4n) is 1.48. The highest BCUT2D eigenvalue weighted by Gasteiger charge is 2.37. The first kappa shape index (κ1) is 13.1. The van der Waals surface area contributed by atoms with Crippen LogP contribution in [0.15, 0.2) is 34.7 Å². The van der Waals surface area contributed by atoms with Crippen molar-refractivity contribution in [3.63, 3.8) is 0 Å². The van der Waals surface area contributed by atoms with E-state index in [4.69, 9.17) is 5.73 Å². The number of halogens is 4. The summed E-state index contributed by atoms with van der Waals surface area (Å²) in [5.41, 5.74) is 4.86. The van der Waals surface area contributed by atoms with Gasteiger partial charge in [-0.05, 0) is 24.3 Å². The van der Waals surface area contributed by atoms with Crippen LogP contribution in [-0.2, 0) is 6.18 Å². The smallest absolute Gasteiger partial charge is 0.436 e. The summed E-state index contributed by atoms with van der Waals surface area (Å²) in [6.45, 7) is 0. The topological polar surface area (TPSA) is 56.2 Å². The first-order valence-electron chi connectivity index (χ1n) is 5.06. The van der Waals surface area contributed by atoms with E-state index in [0.29, 0.717) is 6.07 Å². The Morgan fingerprint density at radius 3 is 2.21 bits per heavy atom. The third-order valence-electron chi connectivity index (χ3n) is 2.39. The van der Waals surface area contributed by atoms with Crippen LogP contribution in [0.1, 0.15) is 21.7 Å². The van der Waals surface area contributed by atoms with Gasteiger partial charge in [-0.3, -0.25) is 4.79 Å². The van der Waals surface area contributed by atoms with Crippen LogP contribution in [0.4, 0.5) is 23.4 Å². The molecule has 7 heteroatoms. The third-order valence-corrected chi connectivity index (χ3v) is 2.39. The van der Waals surface area contributed by atoms with E-state index in [0.717, 1.165) is 24.3 Å². The van der Waals surface area contributed by atoms with Crippen molar-refractivity contribution in [1.82, 2.24) is 0 Å². The van der Waals surface area contributed by atoms with E-state index in [-0.39, 0.29) is 5.56 Å². The first-order valence-corrected chi connectivity index (χ1v) is 5.06. The Balaban J connectivity index is 2.39. The number of anilines is 1. The monoisotopic (exact) mass is 273 g/mol. The largest absolute Gasteiger partial charge is 0.449 e. The molecule has 0 saturated carbocycles. The fraction of sp³-hybridized carbons (Fsp3) is 0.0833. The molecule has 100 valence electrons. The lowest BCUT2D eigenvalue weighted by molar-refractivity contribution is -0.152. The molecule has 1 aromatic carbocycles. The summed E-state index contributed by atoms with van der Waals surface area (Å²) in [6, 6.07) is 4.87. The molecule has 0 fully saturated rings. The van der Waals surface area contributed by atoms with Crippen molar-refractivity contribution in [2.45, 2.75) is 6.18 Å². The number of hydrogen-bond acceptors (Lipinski definition) is 3. The molecular weight excluding hydrogens is 266 g/mol. The summed E-state index contributed by atoms with van der Waals surface area (Å²) in [5.74, 6) is -3.30. The zero-order chi connectivity index (χ0) is 14.2. The Morgan fingerprint density at radius 2 is 1.74 bits per heavy atom. The Hall–Kier alpha value is -2.31. The summed E-state index contributed by atoms with van der Waals surface area (Å²) < 4.78 is 54.2. The number of carbonyl (C=O) groups excluding carboxylic acids is 1. The molecule has 0 spiro atoms. The molecule has 0 atom stereocenters. The Bertz CT molecular complexity index is 614. The van der Waals surface area contributed by atoms with Gasteiger partial charge in [0.2, 0.25) is 11.6 Å². The van der Waals surface area contributed by atoms with Crippen LogP contribution >= 0.6 is 0 Å². The van der Waals surface area contributed by atoms with Gasteiger partial charge < -0.3 is 10.2 Å². The second kappa shape index (κ2) is 4.42. The highest BCUT2D eigenvalue weighted by molar-refractivity contribution is 6.11. The summed E-state index contributed by atoms with van der Waals surface area (Å²) in [5, 5.41) is 0. The third kappa shape index (κ3) is 2.59. The summed E-state index contributed by atoms with van der Waals surface area (Å²) in [4.78, 5) is 11.9. The van der Waals surface area contributed by atoms with E-state index in [1.165, 1.54) is 0 Å². The van der Waals surface area contributed by atoms with Crippen molar-refractivity contribution in [2.75, 3.05) is 5.73 Å². The van der Waals surface area contributed by atoms with Gasteiger partial charge in [-0.25, -0.2) is 4.39 Å². The number of rotatable bonds is 2. The van der Waals surface area contributed by atoms with Gasteiger partial charge in [-0.1, -0.05) is 0 Å². The number of nitrogens with two attached hydrogens (primary N) is 1. The molecule has 1 heterocycles. The summed E-state index contributed by atoms with van der Waals surface area (Å²) >= 11 is 0. The van der Waals surface area contributed by atoms with Gasteiger partial charge in [0.1, 0.15) is 5.82 Å². The Morgan fingerprint density at radius 1 is 1.16 bits per heavy atom. The minimum absolute atomic E-state index is 0.0163. The molecular formula is C12H7F4NO2. The van der Waals surface area contributed by atoms with E-state index in [9.17, 15) is 22.4 Å². The fourth-order valence-corrected chi connectivity index (χ4v) is 1.48. The van der Waals surface area contributed by atoms with Crippen LogP contribution < -0.4 is 5.73 Å². The second-order valence-electron chi connectivity index (χ2n) is 3.72. The lowest BCUT2D eigenvalue weighted by atomic mass is 10.1. The van der Waals surface area contributed by atoms with E-state index < -0.39 is 35.0 Å². The standard InChI is InChI=1S/C12H7F4NO2/c13-7-3-1-6(2-4-7)10(18)8-5-9(12(14,15)16)19-11(8)17/h1-5H,17H2. The summed E-state index contributed by atoms with van der Waals surface area (Å²) in [6.07, 6.45) is -4.73. The molecule has 0 aliphatic heterocycles. The summed E-state index contributed by atoms with van der Waals surface area (Å²) in [7, 11) is 0. The highest BCUT2D eigenvalue weighted by atomic mass is 19.4. The van der Waals surface area contributed by atoms with Crippen molar-refractivity contribution in [2.24, 2.45) is 0 Å². The van der Waals surface area contributed by atoms with Crippen LogP contribution in [0.25, 0.3) is 0 Å². The van der Waals surface area contributed by atoms with Crippen LogP contribution in [0.5, 0.6) is 0 Å². The average Bonchev–Trinajstić information content (AvgIpc) is 2.71. The lowest BCUT2D eigenvalue weighted by Gasteiger charge is -1.99. The molecule has 3 nitrogen and oxygen atoms in total. The molecule has 1 aromatic heterocycles. The van der Waals surface area contributed by atoms with E-state index in [1.807, 2.05) is 0 Å². The number of hydrogen-bond donors (Lipinski definition) is 1. The van der Waals surface area contributed by atoms with Crippen LogP contribution in [0.2, 0.25) is 0 Å². The molecule has 2 N–H and O–H groups in total. The van der Waals surface area contributed by atoms with Gasteiger partial charge in [0.15, 0.2) is 5.78 Å². The first-order chi connectivity index (χ1) is 8.79. The molecule has 0 radical (unpaired) electrons. The van der Waals surface area contributed by atoms with Gasteiger partial charge in [0.05, 0.1) is 5.56 Å². The highest BCUT2D eigenvalue weighted by Crippen LogP contribution is 2.34. The van der Waals surface area contributed by atoms with Crippen molar-refractivity contribution >= 4 is 11.7 Å². The van der Waals surface area contributed by atoms with Crippen molar-refractivity contribution in [3.8, 4) is 0 Å². The molecule has 0 aliphatic carbocycles. The Kier molecular flexibility index (Phi) is 3.05. The second-order valence-corrected chi connectivity index (χ2v) is 3.72. The lowest BCUT2D eigenvalue weighted by Crippen LogP contribution is -2.04. The molecule has 2 rings (SSSR count). The van der Waals surface area contributed by atoms with E-state index >= 15 is 0 Å². The minimum Gasteiger partial charge on any atom is -0.436 e. The normalized spacial score (nSPS) is 11.6. The molecule has 2 aromatic rings. The van der Waals surface area contributed by atoms with Gasteiger partial charge in [0, 0.05) is 11.6 Å². The zero-order valence-electron chi connectivity index (χ0n) is 9.29. The average molecular weight is 273 g/mol. The number of alkyl halides is 3. The predicted octanol–water partition coefficient (Wildman–Crippen LogP) is 3.25. The molecule has 19 heavy (non-hydrogen) atoms. The quantitative estimate of drug-likeness (QED) is 0.675. The van der Waals surface area contributed by atoms with Crippen molar-refractivity contribution < 1.29 is 26.8 Å². The molecule has 0 unspecified atom stereocenters. The number of carbonyl (C=O) groups is 1. The Labute approximate surface area is 104 Å². The van der Waals surface area contributed by atoms with Crippen molar-refractivity contribution in [1.29, 1.82) is 0 Å². The predicted molar refractivity (Wildman–Crippen MR) is 58.0 cm³/mol. The van der Waals surface area contributed by atoms with Crippen molar-refractivity contribution in [3.05, 3.63) is 53.0 Å². The van der Waals surface area contributed by atoms with Gasteiger partial charge in [-0.15, -0.1) is 0 Å². The van der Waals surface area contributed by atoms with Gasteiger partial charge in [-0.2, -0.15) is 13.2 Å². The van der Waals surface area contributed by atoms with E-state index in [1.54, 1.807) is 0 Å². The molecule has 0 aliphatic rings. The zero-order valence-corrected chi connectivity index (χ0v) is 9.29. The van der Waals surface area contributed by atoms with Gasteiger partial charge in [0.25, 0.3) is 0 Å². The number of ketones is 1. The number of furan rings is 1. The maximum absolute atomic E-state index is 12.7. The maximum Gasteiger partial charge on any atom is 0.449 e. The maximum atomic E-state index is 12.7. The number of benzene rings is 1.